The van der Waals surface area contributed by atoms with E-state index < -0.39 is 5.82 Å². The van der Waals surface area contributed by atoms with Gasteiger partial charge in [0.1, 0.15) is 11.6 Å². The molecule has 1 aromatic heterocycles. The molecule has 2 aromatic carbocycles. The van der Waals surface area contributed by atoms with Gasteiger partial charge in [-0.3, -0.25) is 0 Å². The highest BCUT2D eigenvalue weighted by Crippen LogP contribution is 2.29. The number of hydrogen-bond donors (Lipinski definition) is 3. The molecule has 0 aliphatic heterocycles. The second-order valence-corrected chi connectivity index (χ2v) is 6.18. The average molecular weight is 373 g/mol. The zero-order valence-electron chi connectivity index (χ0n) is 14.1. The van der Waals surface area contributed by atoms with Crippen LogP contribution in [-0.4, -0.2) is 27.7 Å². The molecule has 0 saturated heterocycles. The number of para-hydroxylation sites is 1. The van der Waals surface area contributed by atoms with Crippen molar-refractivity contribution >= 4 is 29.1 Å². The maximum atomic E-state index is 14.1. The van der Waals surface area contributed by atoms with Gasteiger partial charge in [0.05, 0.1) is 23.0 Å². The van der Waals surface area contributed by atoms with E-state index in [1.54, 1.807) is 19.1 Å². The quantitative estimate of drug-likeness (QED) is 0.595. The zero-order chi connectivity index (χ0) is 18.5. The third-order valence-corrected chi connectivity index (χ3v) is 3.98. The molecule has 0 spiro atoms. The lowest BCUT2D eigenvalue weighted by Gasteiger charge is -2.15. The highest BCUT2D eigenvalue weighted by atomic mass is 35.5. The molecule has 5 nitrogen and oxygen atoms in total. The maximum Gasteiger partial charge on any atom is 0.225 e. The van der Waals surface area contributed by atoms with Crippen molar-refractivity contribution in [2.45, 2.75) is 13.0 Å². The fourth-order valence-corrected chi connectivity index (χ4v) is 2.55. The molecule has 3 aromatic rings. The van der Waals surface area contributed by atoms with Crippen LogP contribution in [0.2, 0.25) is 5.02 Å². The predicted molar refractivity (Wildman–Crippen MR) is 102 cm³/mol. The number of nitrogens with one attached hydrogen (secondary N) is 2. The number of aromatic nitrogens is 2. The van der Waals surface area contributed by atoms with Crippen LogP contribution < -0.4 is 10.6 Å². The monoisotopic (exact) mass is 372 g/mol. The van der Waals surface area contributed by atoms with Gasteiger partial charge in [-0.1, -0.05) is 48.0 Å². The zero-order valence-corrected chi connectivity index (χ0v) is 14.8. The molecular formula is C19H18ClFN4O. The van der Waals surface area contributed by atoms with E-state index in [0.717, 1.165) is 5.56 Å². The van der Waals surface area contributed by atoms with Crippen molar-refractivity contribution in [1.82, 2.24) is 9.97 Å². The maximum absolute atomic E-state index is 14.1. The third kappa shape index (κ3) is 4.28. The largest absolute Gasteiger partial charge is 0.394 e. The molecule has 26 heavy (non-hydrogen) atoms. The molecule has 0 bridgehead atoms. The topological polar surface area (TPSA) is 70.1 Å². The number of benzene rings is 2. The normalized spacial score (nSPS) is 11.8. The molecule has 134 valence electrons. The van der Waals surface area contributed by atoms with Crippen LogP contribution in [0.5, 0.6) is 0 Å². The van der Waals surface area contributed by atoms with Crippen LogP contribution in [-0.2, 0) is 0 Å². The number of hydrogen-bond acceptors (Lipinski definition) is 5. The Kier molecular flexibility index (Phi) is 5.65. The molecule has 3 rings (SSSR count). The molecule has 0 unspecified atom stereocenters. The van der Waals surface area contributed by atoms with E-state index in [1.165, 1.54) is 12.1 Å². The number of rotatable bonds is 6. The molecular weight excluding hydrogens is 355 g/mol. The highest BCUT2D eigenvalue weighted by Gasteiger charge is 2.12. The van der Waals surface area contributed by atoms with Gasteiger partial charge >= 0.3 is 0 Å². The fraction of sp³-hybridized carbons (Fsp3) is 0.158. The molecule has 0 aliphatic rings. The van der Waals surface area contributed by atoms with Crippen LogP contribution in [0.15, 0.2) is 54.6 Å². The summed E-state index contributed by atoms with van der Waals surface area (Å²) >= 11 is 6.09. The van der Waals surface area contributed by atoms with E-state index >= 15 is 0 Å². The molecule has 0 aliphatic carbocycles. The predicted octanol–water partition coefficient (Wildman–Crippen LogP) is 4.47. The average Bonchev–Trinajstić information content (AvgIpc) is 2.65. The Morgan fingerprint density at radius 3 is 2.58 bits per heavy atom. The van der Waals surface area contributed by atoms with Crippen LogP contribution in [0.4, 0.5) is 21.8 Å². The highest BCUT2D eigenvalue weighted by molar-refractivity contribution is 6.33. The molecule has 1 heterocycles. The van der Waals surface area contributed by atoms with Crippen molar-refractivity contribution in [1.29, 1.82) is 0 Å². The summed E-state index contributed by atoms with van der Waals surface area (Å²) in [5.41, 5.74) is 1.69. The Labute approximate surface area is 155 Å². The van der Waals surface area contributed by atoms with Crippen LogP contribution in [0.25, 0.3) is 11.3 Å². The van der Waals surface area contributed by atoms with E-state index in [-0.39, 0.29) is 23.4 Å². The smallest absolute Gasteiger partial charge is 0.225 e. The lowest BCUT2D eigenvalue weighted by atomic mass is 10.1. The SMILES string of the molecule is C[C@@H](CO)Nc1nc(Nc2c(F)cccc2Cl)cc(-c2ccccc2)n1. The minimum absolute atomic E-state index is 0.0686. The van der Waals surface area contributed by atoms with Crippen molar-refractivity contribution in [3.05, 3.63) is 65.4 Å². The Morgan fingerprint density at radius 1 is 1.12 bits per heavy atom. The molecule has 0 saturated carbocycles. The van der Waals surface area contributed by atoms with Crippen LogP contribution in [0.3, 0.4) is 0 Å². The van der Waals surface area contributed by atoms with E-state index in [9.17, 15) is 9.50 Å². The Hall–Kier alpha value is -2.70. The summed E-state index contributed by atoms with van der Waals surface area (Å²) in [7, 11) is 0. The van der Waals surface area contributed by atoms with Crippen molar-refractivity contribution in [3.8, 4) is 11.3 Å². The second-order valence-electron chi connectivity index (χ2n) is 5.78. The van der Waals surface area contributed by atoms with Gasteiger partial charge in [0.2, 0.25) is 5.95 Å². The van der Waals surface area contributed by atoms with Gasteiger partial charge in [0, 0.05) is 17.7 Å². The number of halogens is 2. The summed E-state index contributed by atoms with van der Waals surface area (Å²) in [6.45, 7) is 1.74. The minimum Gasteiger partial charge on any atom is -0.394 e. The summed E-state index contributed by atoms with van der Waals surface area (Å²) < 4.78 is 14.1. The Morgan fingerprint density at radius 2 is 1.88 bits per heavy atom. The van der Waals surface area contributed by atoms with Crippen molar-refractivity contribution < 1.29 is 9.50 Å². The van der Waals surface area contributed by atoms with Crippen LogP contribution in [0, 0.1) is 5.82 Å². The first kappa shape index (κ1) is 18.1. The molecule has 1 atom stereocenters. The van der Waals surface area contributed by atoms with Gasteiger partial charge in [0.15, 0.2) is 0 Å². The summed E-state index contributed by atoms with van der Waals surface area (Å²) in [5, 5.41) is 15.5. The van der Waals surface area contributed by atoms with Gasteiger partial charge in [-0.05, 0) is 19.1 Å². The fourth-order valence-electron chi connectivity index (χ4n) is 2.34. The van der Waals surface area contributed by atoms with Gasteiger partial charge < -0.3 is 15.7 Å². The van der Waals surface area contributed by atoms with Gasteiger partial charge in [-0.25, -0.2) is 9.37 Å². The first-order valence-corrected chi connectivity index (χ1v) is 8.47. The second kappa shape index (κ2) is 8.12. The first-order chi connectivity index (χ1) is 12.6. The number of nitrogens with zero attached hydrogens (tertiary/aromatic N) is 2. The number of aliphatic hydroxyl groups is 1. The van der Waals surface area contributed by atoms with Crippen LogP contribution >= 0.6 is 11.6 Å². The Balaban J connectivity index is 2.02. The third-order valence-electron chi connectivity index (χ3n) is 3.66. The van der Waals surface area contributed by atoms with E-state index in [0.29, 0.717) is 17.5 Å². The first-order valence-electron chi connectivity index (χ1n) is 8.09. The van der Waals surface area contributed by atoms with Gasteiger partial charge in [-0.2, -0.15) is 4.98 Å². The van der Waals surface area contributed by atoms with E-state index in [4.69, 9.17) is 11.6 Å². The number of aliphatic hydroxyl groups excluding tert-OH is 1. The summed E-state index contributed by atoms with van der Waals surface area (Å²) in [6, 6.07) is 15.5. The molecule has 3 N–H and O–H groups in total. The number of anilines is 3. The van der Waals surface area contributed by atoms with E-state index in [1.807, 2.05) is 30.3 Å². The van der Waals surface area contributed by atoms with Crippen LogP contribution in [0.1, 0.15) is 6.92 Å². The van der Waals surface area contributed by atoms with Crippen molar-refractivity contribution in [2.75, 3.05) is 17.2 Å². The lowest BCUT2D eigenvalue weighted by molar-refractivity contribution is 0.281. The van der Waals surface area contributed by atoms with Crippen molar-refractivity contribution in [2.24, 2.45) is 0 Å². The molecule has 0 fully saturated rings. The summed E-state index contributed by atoms with van der Waals surface area (Å²) in [5.74, 6) is 0.233. The summed E-state index contributed by atoms with van der Waals surface area (Å²) in [6.07, 6.45) is 0. The standard InChI is InChI=1S/C19H18ClFN4O/c1-12(11-26)22-19-23-16(13-6-3-2-4-7-13)10-17(25-19)24-18-14(20)8-5-9-15(18)21/h2-10,12,26H,11H2,1H3,(H2,22,23,24,25)/t12-/m0/s1. The summed E-state index contributed by atoms with van der Waals surface area (Å²) in [4.78, 5) is 8.83. The van der Waals surface area contributed by atoms with E-state index in [2.05, 4.69) is 20.6 Å². The minimum atomic E-state index is -0.476. The van der Waals surface area contributed by atoms with Crippen molar-refractivity contribution in [3.63, 3.8) is 0 Å². The van der Waals surface area contributed by atoms with Gasteiger partial charge in [-0.15, -0.1) is 0 Å². The van der Waals surface area contributed by atoms with Gasteiger partial charge in [0.25, 0.3) is 0 Å². The lowest BCUT2D eigenvalue weighted by Crippen LogP contribution is -2.21. The molecule has 0 amide bonds. The molecule has 0 radical (unpaired) electrons. The Bertz CT molecular complexity index is 872. The molecule has 7 heteroatoms.